The predicted molar refractivity (Wildman–Crippen MR) is 41.8 cm³/mol. The van der Waals surface area contributed by atoms with Crippen molar-refractivity contribution < 1.29 is 9.84 Å². The maximum atomic E-state index is 9.21. The third-order valence-corrected chi connectivity index (χ3v) is 1.44. The van der Waals surface area contributed by atoms with Gasteiger partial charge < -0.3 is 15.2 Å². The van der Waals surface area contributed by atoms with Crippen LogP contribution in [0.3, 0.4) is 0 Å². The van der Waals surface area contributed by atoms with Gasteiger partial charge in [0.25, 0.3) is 6.02 Å². The Morgan fingerprint density at radius 2 is 2.45 bits per heavy atom. The Kier molecular flexibility index (Phi) is 2.36. The average Bonchev–Trinajstić information content (AvgIpc) is 2.04. The van der Waals surface area contributed by atoms with Crippen molar-refractivity contribution in [3.05, 3.63) is 18.0 Å². The second kappa shape index (κ2) is 3.27. The summed E-state index contributed by atoms with van der Waals surface area (Å²) in [6, 6.07) is 0.319. The molecule has 0 bridgehead atoms. The van der Waals surface area contributed by atoms with E-state index in [1.807, 2.05) is 6.92 Å². The van der Waals surface area contributed by atoms with Crippen LogP contribution in [0.15, 0.2) is 16.4 Å². The van der Waals surface area contributed by atoms with Gasteiger partial charge in [-0.25, -0.2) is 0 Å². The topological polar surface area (TPSA) is 53.9 Å². The average molecular weight is 155 g/mol. The van der Waals surface area contributed by atoms with Gasteiger partial charge in [-0.2, -0.15) is 4.99 Å². The molecule has 0 atom stereocenters. The van der Waals surface area contributed by atoms with E-state index in [9.17, 15) is 5.11 Å². The second-order valence-electron chi connectivity index (χ2n) is 2.11. The standard InChI is InChI=1S/C7H11N2O2/c1-3-5-4-8-7(11-2)9-6(5)10/h4,10H,3H2,1-2H3,(H,8,9). The number of aliphatic hydroxyl groups excluding tert-OH is 1. The summed E-state index contributed by atoms with van der Waals surface area (Å²) < 4.78 is 4.77. The van der Waals surface area contributed by atoms with E-state index in [-0.39, 0.29) is 5.88 Å². The Hall–Kier alpha value is -1.19. The first-order valence-corrected chi connectivity index (χ1v) is 3.42. The van der Waals surface area contributed by atoms with Crippen molar-refractivity contribution in [1.29, 1.82) is 0 Å². The normalized spacial score (nSPS) is 17.5. The molecule has 0 unspecified atom stereocenters. The molecule has 11 heavy (non-hydrogen) atoms. The molecule has 0 saturated carbocycles. The van der Waals surface area contributed by atoms with Crippen LogP contribution in [-0.4, -0.2) is 18.2 Å². The van der Waals surface area contributed by atoms with Crippen LogP contribution < -0.4 is 5.32 Å². The van der Waals surface area contributed by atoms with E-state index in [0.29, 0.717) is 6.02 Å². The van der Waals surface area contributed by atoms with E-state index < -0.39 is 0 Å². The summed E-state index contributed by atoms with van der Waals surface area (Å²) in [4.78, 5) is 3.74. The summed E-state index contributed by atoms with van der Waals surface area (Å²) in [6.45, 7) is 3.62. The molecule has 1 aliphatic heterocycles. The van der Waals surface area contributed by atoms with Crippen LogP contribution >= 0.6 is 0 Å². The molecule has 0 aliphatic carbocycles. The number of nitrogens with zero attached hydrogens (tertiary/aromatic N) is 1. The maximum absolute atomic E-state index is 9.21. The Morgan fingerprint density at radius 1 is 1.73 bits per heavy atom. The molecule has 1 rings (SSSR count). The smallest absolute Gasteiger partial charge is 0.292 e. The number of rotatable bonds is 1. The highest BCUT2D eigenvalue weighted by Crippen LogP contribution is 2.13. The minimum absolute atomic E-state index is 0.0306. The predicted octanol–water partition coefficient (Wildman–Crippen LogP) is 0.933. The van der Waals surface area contributed by atoms with Crippen LogP contribution in [0, 0.1) is 6.54 Å². The van der Waals surface area contributed by atoms with Gasteiger partial charge in [0.15, 0.2) is 0 Å². The van der Waals surface area contributed by atoms with Gasteiger partial charge in [0, 0.05) is 5.57 Å². The molecule has 0 saturated heterocycles. The second-order valence-corrected chi connectivity index (χ2v) is 2.11. The number of aliphatic hydroxyl groups is 1. The van der Waals surface area contributed by atoms with Crippen molar-refractivity contribution in [1.82, 2.24) is 5.32 Å². The summed E-state index contributed by atoms with van der Waals surface area (Å²) in [5.41, 5.74) is 0.783. The lowest BCUT2D eigenvalue weighted by Gasteiger charge is -2.14. The fraction of sp³-hybridized carbons (Fsp3) is 0.429. The molecule has 0 aromatic heterocycles. The van der Waals surface area contributed by atoms with Crippen LogP contribution in [0.4, 0.5) is 0 Å². The highest BCUT2D eigenvalue weighted by atomic mass is 16.5. The molecule has 0 fully saturated rings. The molecule has 4 nitrogen and oxygen atoms in total. The van der Waals surface area contributed by atoms with Crippen LogP contribution in [0.1, 0.15) is 13.3 Å². The van der Waals surface area contributed by atoms with Gasteiger partial charge in [0.1, 0.15) is 0 Å². The van der Waals surface area contributed by atoms with Gasteiger partial charge >= 0.3 is 0 Å². The molecular formula is C7H11N2O2. The maximum Gasteiger partial charge on any atom is 0.292 e. The highest BCUT2D eigenvalue weighted by molar-refractivity contribution is 5.77. The zero-order chi connectivity index (χ0) is 8.27. The summed E-state index contributed by atoms with van der Waals surface area (Å²) in [6.07, 6.45) is 0.749. The number of ether oxygens (including phenoxy) is 1. The van der Waals surface area contributed by atoms with Crippen molar-refractivity contribution in [3.63, 3.8) is 0 Å². The van der Waals surface area contributed by atoms with E-state index in [4.69, 9.17) is 4.74 Å². The number of aliphatic imine (C=N–C) groups is 1. The number of amidine groups is 1. The third kappa shape index (κ3) is 1.63. The zero-order valence-electron chi connectivity index (χ0n) is 6.59. The summed E-state index contributed by atoms with van der Waals surface area (Å²) in [5, 5.41) is 12.0. The van der Waals surface area contributed by atoms with Crippen molar-refractivity contribution in [2.45, 2.75) is 13.3 Å². The molecule has 61 valence electrons. The van der Waals surface area contributed by atoms with E-state index >= 15 is 0 Å². The van der Waals surface area contributed by atoms with Gasteiger partial charge in [-0.05, 0) is 6.42 Å². The SMILES string of the molecule is CCC1=C(O)N=C(OC)N[CH]1. The number of nitrogens with one attached hydrogen (secondary N) is 1. The fourth-order valence-corrected chi connectivity index (χ4v) is 0.778. The Morgan fingerprint density at radius 3 is 2.91 bits per heavy atom. The Balaban J connectivity index is 2.76. The molecule has 0 aromatic rings. The monoisotopic (exact) mass is 155 g/mol. The first-order chi connectivity index (χ1) is 5.27. The largest absolute Gasteiger partial charge is 0.493 e. The van der Waals surface area contributed by atoms with Crippen LogP contribution in [0.25, 0.3) is 0 Å². The zero-order valence-corrected chi connectivity index (χ0v) is 6.59. The van der Waals surface area contributed by atoms with Crippen molar-refractivity contribution >= 4 is 6.02 Å². The van der Waals surface area contributed by atoms with E-state index in [1.54, 1.807) is 6.54 Å². The van der Waals surface area contributed by atoms with E-state index in [0.717, 1.165) is 12.0 Å². The highest BCUT2D eigenvalue weighted by Gasteiger charge is 2.12. The molecule has 0 spiro atoms. The molecule has 4 heteroatoms. The summed E-state index contributed by atoms with van der Waals surface area (Å²) >= 11 is 0. The van der Waals surface area contributed by atoms with E-state index in [1.165, 1.54) is 7.11 Å². The molecule has 0 aromatic carbocycles. The van der Waals surface area contributed by atoms with E-state index in [2.05, 4.69) is 10.3 Å². The quantitative estimate of drug-likeness (QED) is 0.592. The van der Waals surface area contributed by atoms with Gasteiger partial charge in [0.05, 0.1) is 13.7 Å². The third-order valence-electron chi connectivity index (χ3n) is 1.44. The molecule has 1 aliphatic rings. The van der Waals surface area contributed by atoms with Crippen molar-refractivity contribution in [3.8, 4) is 0 Å². The number of hydrogen-bond donors (Lipinski definition) is 2. The van der Waals surface area contributed by atoms with Gasteiger partial charge in [0.2, 0.25) is 5.88 Å². The van der Waals surface area contributed by atoms with Crippen molar-refractivity contribution in [2.24, 2.45) is 4.99 Å². The lowest BCUT2D eigenvalue weighted by Crippen LogP contribution is -2.27. The van der Waals surface area contributed by atoms with Gasteiger partial charge in [-0.3, -0.25) is 0 Å². The van der Waals surface area contributed by atoms with Gasteiger partial charge in [-0.15, -0.1) is 0 Å². The summed E-state index contributed by atoms with van der Waals surface area (Å²) in [5.74, 6) is 0.0306. The lowest BCUT2D eigenvalue weighted by molar-refractivity contribution is 0.354. The van der Waals surface area contributed by atoms with Gasteiger partial charge in [-0.1, -0.05) is 6.92 Å². The summed E-state index contributed by atoms with van der Waals surface area (Å²) in [7, 11) is 1.49. The first kappa shape index (κ1) is 7.91. The fourth-order valence-electron chi connectivity index (χ4n) is 0.778. The molecular weight excluding hydrogens is 144 g/mol. The van der Waals surface area contributed by atoms with Crippen LogP contribution in [0.5, 0.6) is 0 Å². The molecule has 0 amide bonds. The number of hydrogen-bond acceptors (Lipinski definition) is 4. The van der Waals surface area contributed by atoms with Crippen LogP contribution in [-0.2, 0) is 4.74 Å². The first-order valence-electron chi connectivity index (χ1n) is 3.42. The lowest BCUT2D eigenvalue weighted by atomic mass is 10.2. The Bertz CT molecular complexity index is 208. The minimum Gasteiger partial charge on any atom is -0.493 e. The Labute approximate surface area is 65.6 Å². The molecule has 2 N–H and O–H groups in total. The van der Waals surface area contributed by atoms with Crippen molar-refractivity contribution in [2.75, 3.05) is 7.11 Å². The molecule has 1 heterocycles. The molecule has 1 radical (unpaired) electrons. The van der Waals surface area contributed by atoms with Crippen LogP contribution in [0.2, 0.25) is 0 Å². The minimum atomic E-state index is 0.0306. The number of methoxy groups -OCH3 is 1.